The van der Waals surface area contributed by atoms with Gasteiger partial charge in [0.05, 0.1) is 0 Å². The zero-order chi connectivity index (χ0) is 13.2. The van der Waals surface area contributed by atoms with Gasteiger partial charge in [-0.1, -0.05) is 0 Å². The Kier molecular flexibility index (Phi) is 4.69. The van der Waals surface area contributed by atoms with Crippen molar-refractivity contribution in [1.29, 1.82) is 0 Å². The van der Waals surface area contributed by atoms with Gasteiger partial charge in [0.25, 0.3) is 14.3 Å². The van der Waals surface area contributed by atoms with E-state index in [4.69, 9.17) is 5.11 Å². The van der Waals surface area contributed by atoms with Crippen molar-refractivity contribution in [2.24, 2.45) is 0 Å². The van der Waals surface area contributed by atoms with Crippen molar-refractivity contribution in [3.63, 3.8) is 0 Å². The SMILES string of the molecule is C[Si](=O)CCCC(O)(C(F)(F)F)C(F)(F)F. The fourth-order valence-electron chi connectivity index (χ4n) is 1.04. The zero-order valence-electron chi connectivity index (χ0n) is 8.24. The summed E-state index contributed by atoms with van der Waals surface area (Å²) in [6.45, 7) is 1.23. The quantitative estimate of drug-likeness (QED) is 0.628. The lowest BCUT2D eigenvalue weighted by molar-refractivity contribution is -0.369. The molecule has 0 unspecified atom stereocenters. The Morgan fingerprint density at radius 2 is 1.44 bits per heavy atom. The minimum atomic E-state index is -5.78. The summed E-state index contributed by atoms with van der Waals surface area (Å²) in [6.07, 6.45) is -13.7. The van der Waals surface area contributed by atoms with E-state index in [1.807, 2.05) is 0 Å². The molecule has 0 aliphatic rings. The van der Waals surface area contributed by atoms with Crippen LogP contribution < -0.4 is 0 Å². The lowest BCUT2D eigenvalue weighted by Crippen LogP contribution is -2.56. The van der Waals surface area contributed by atoms with Crippen LogP contribution in [0.2, 0.25) is 12.6 Å². The molecule has 0 aromatic rings. The maximum Gasteiger partial charge on any atom is 0.426 e. The summed E-state index contributed by atoms with van der Waals surface area (Å²) in [7, 11) is -2.14. The van der Waals surface area contributed by atoms with Crippen LogP contribution in [0.15, 0.2) is 0 Å². The number of halogens is 6. The lowest BCUT2D eigenvalue weighted by Gasteiger charge is -2.32. The van der Waals surface area contributed by atoms with Gasteiger partial charge >= 0.3 is 12.4 Å². The summed E-state index contributed by atoms with van der Waals surface area (Å²) in [5.74, 6) is 0. The third-order valence-electron chi connectivity index (χ3n) is 2.01. The van der Waals surface area contributed by atoms with Crippen LogP contribution in [0, 0.1) is 0 Å². The molecule has 0 radical (unpaired) electrons. The molecule has 0 saturated heterocycles. The van der Waals surface area contributed by atoms with E-state index in [-0.39, 0.29) is 6.04 Å². The standard InChI is InChI=1S/C7H10F6O2Si/c1-16(15)4-2-3-5(14,6(8,9)10)7(11,12)13/h14H,2-4H2,1H3. The molecule has 0 aromatic heterocycles. The molecule has 0 aliphatic carbocycles. The molecule has 2 nitrogen and oxygen atoms in total. The van der Waals surface area contributed by atoms with Crippen molar-refractivity contribution in [1.82, 2.24) is 0 Å². The maximum atomic E-state index is 12.1. The highest BCUT2D eigenvalue weighted by Gasteiger charge is 2.69. The van der Waals surface area contributed by atoms with E-state index in [1.165, 1.54) is 6.55 Å². The van der Waals surface area contributed by atoms with E-state index in [1.54, 1.807) is 0 Å². The van der Waals surface area contributed by atoms with Crippen LogP contribution in [-0.2, 0) is 4.46 Å². The fourth-order valence-corrected chi connectivity index (χ4v) is 1.71. The highest BCUT2D eigenvalue weighted by atomic mass is 28.3. The van der Waals surface area contributed by atoms with Crippen LogP contribution in [0.1, 0.15) is 12.8 Å². The number of hydrogen-bond acceptors (Lipinski definition) is 2. The Balaban J connectivity index is 4.78. The van der Waals surface area contributed by atoms with Crippen LogP contribution >= 0.6 is 0 Å². The highest BCUT2D eigenvalue weighted by molar-refractivity contribution is 6.40. The number of rotatable bonds is 4. The van der Waals surface area contributed by atoms with Crippen LogP contribution in [0.3, 0.4) is 0 Å². The first-order valence-corrected chi connectivity index (χ1v) is 6.38. The molecule has 0 fully saturated rings. The fraction of sp³-hybridized carbons (Fsp3) is 1.00. The topological polar surface area (TPSA) is 37.3 Å². The average molecular weight is 268 g/mol. The van der Waals surface area contributed by atoms with Gasteiger partial charge in [-0.05, 0) is 25.4 Å². The van der Waals surface area contributed by atoms with Gasteiger partial charge in [0, 0.05) is 0 Å². The number of alkyl halides is 6. The summed E-state index contributed by atoms with van der Waals surface area (Å²) in [5, 5.41) is 8.66. The molecule has 0 aromatic carbocycles. The third-order valence-corrected chi connectivity index (χ3v) is 3.06. The molecule has 0 saturated carbocycles. The molecule has 0 spiro atoms. The van der Waals surface area contributed by atoms with Gasteiger partial charge in [0.2, 0.25) is 0 Å². The molecule has 0 bridgehead atoms. The van der Waals surface area contributed by atoms with Gasteiger partial charge in [-0.2, -0.15) is 26.3 Å². The normalized spacial score (nSPS) is 14.0. The van der Waals surface area contributed by atoms with Crippen LogP contribution in [0.25, 0.3) is 0 Å². The van der Waals surface area contributed by atoms with Gasteiger partial charge in [-0.25, -0.2) is 0 Å². The first kappa shape index (κ1) is 15.6. The van der Waals surface area contributed by atoms with Gasteiger partial charge in [-0.3, -0.25) is 0 Å². The molecular formula is C7H10F6O2Si. The van der Waals surface area contributed by atoms with E-state index < -0.39 is 39.5 Å². The van der Waals surface area contributed by atoms with Gasteiger partial charge in [-0.15, -0.1) is 0 Å². The molecule has 0 aliphatic heterocycles. The molecular weight excluding hydrogens is 258 g/mol. The Labute approximate surface area is 88.9 Å². The second kappa shape index (κ2) is 4.82. The minimum Gasteiger partial charge on any atom is -0.389 e. The van der Waals surface area contributed by atoms with Crippen molar-refractivity contribution in [3.8, 4) is 0 Å². The predicted molar refractivity (Wildman–Crippen MR) is 43.4 cm³/mol. The summed E-state index contributed by atoms with van der Waals surface area (Å²) in [5.41, 5.74) is -4.71. The second-order valence-corrected chi connectivity index (χ2v) is 5.32. The first-order chi connectivity index (χ1) is 6.92. The van der Waals surface area contributed by atoms with Crippen LogP contribution in [-0.4, -0.2) is 31.7 Å². The highest BCUT2D eigenvalue weighted by Crippen LogP contribution is 2.45. The van der Waals surface area contributed by atoms with Crippen molar-refractivity contribution in [2.75, 3.05) is 0 Å². The summed E-state index contributed by atoms with van der Waals surface area (Å²) >= 11 is 0. The monoisotopic (exact) mass is 268 g/mol. The van der Waals surface area contributed by atoms with E-state index >= 15 is 0 Å². The molecule has 9 heteroatoms. The number of hydrogen-bond donors (Lipinski definition) is 1. The third kappa shape index (κ3) is 3.54. The van der Waals surface area contributed by atoms with E-state index in [0.717, 1.165) is 0 Å². The van der Waals surface area contributed by atoms with Crippen molar-refractivity contribution < 1.29 is 35.9 Å². The Morgan fingerprint density at radius 3 is 1.69 bits per heavy atom. The van der Waals surface area contributed by atoms with Gasteiger partial charge in [0.15, 0.2) is 0 Å². The Hall–Kier alpha value is -0.443. The molecule has 0 heterocycles. The molecule has 1 N–H and O–H groups in total. The second-order valence-electron chi connectivity index (χ2n) is 3.41. The molecule has 0 rings (SSSR count). The minimum absolute atomic E-state index is 0.251. The van der Waals surface area contributed by atoms with E-state index in [0.29, 0.717) is 0 Å². The number of aliphatic hydroxyl groups is 1. The van der Waals surface area contributed by atoms with Gasteiger partial charge in [0.1, 0.15) is 0 Å². The van der Waals surface area contributed by atoms with Gasteiger partial charge < -0.3 is 9.57 Å². The van der Waals surface area contributed by atoms with Crippen molar-refractivity contribution in [3.05, 3.63) is 0 Å². The molecule has 0 amide bonds. The summed E-state index contributed by atoms with van der Waals surface area (Å²) in [4.78, 5) is 0. The Bertz CT molecular complexity index is 245. The Morgan fingerprint density at radius 1 is 1.06 bits per heavy atom. The maximum absolute atomic E-state index is 12.1. The van der Waals surface area contributed by atoms with Crippen molar-refractivity contribution in [2.45, 2.75) is 43.4 Å². The first-order valence-electron chi connectivity index (χ1n) is 4.27. The molecule has 96 valence electrons. The van der Waals surface area contributed by atoms with E-state index in [2.05, 4.69) is 0 Å². The average Bonchev–Trinajstić information content (AvgIpc) is 1.98. The summed E-state index contributed by atoms with van der Waals surface area (Å²) in [6, 6.07) is -0.251. The summed E-state index contributed by atoms with van der Waals surface area (Å²) < 4.78 is 83.1. The van der Waals surface area contributed by atoms with Crippen molar-refractivity contribution >= 4 is 8.68 Å². The molecule has 16 heavy (non-hydrogen) atoms. The largest absolute Gasteiger partial charge is 0.426 e. The zero-order valence-corrected chi connectivity index (χ0v) is 9.24. The predicted octanol–water partition coefficient (Wildman–Crippen LogP) is 2.67. The molecule has 0 atom stereocenters. The lowest BCUT2D eigenvalue weighted by atomic mass is 9.97. The van der Waals surface area contributed by atoms with Crippen LogP contribution in [0.5, 0.6) is 0 Å². The smallest absolute Gasteiger partial charge is 0.389 e. The van der Waals surface area contributed by atoms with Crippen LogP contribution in [0.4, 0.5) is 26.3 Å². The van der Waals surface area contributed by atoms with E-state index in [9.17, 15) is 30.8 Å².